The molecule has 1 N–H and O–H groups in total. The molecule has 172 valence electrons. The molecule has 10 nitrogen and oxygen atoms in total. The molecular weight excluding hydrogens is 440 g/mol. The molecule has 1 saturated heterocycles. The lowest BCUT2D eigenvalue weighted by molar-refractivity contribution is -0.119. The van der Waals surface area contributed by atoms with Crippen molar-refractivity contribution in [2.45, 2.75) is 4.90 Å². The second kappa shape index (κ2) is 10.4. The van der Waals surface area contributed by atoms with Crippen molar-refractivity contribution < 1.29 is 37.0 Å². The van der Waals surface area contributed by atoms with Crippen LogP contribution in [0.3, 0.4) is 0 Å². The number of anilines is 1. The maximum absolute atomic E-state index is 12.8. The summed E-state index contributed by atoms with van der Waals surface area (Å²) in [6, 6.07) is 10.7. The quantitative estimate of drug-likeness (QED) is 0.584. The number of ether oxygens (including phenoxy) is 4. The van der Waals surface area contributed by atoms with E-state index in [1.807, 2.05) is 0 Å². The summed E-state index contributed by atoms with van der Waals surface area (Å²) in [5.41, 5.74) is 0.319. The molecule has 0 spiro atoms. The largest absolute Gasteiger partial charge is 0.496 e. The predicted octanol–water partition coefficient (Wildman–Crippen LogP) is 1.52. The van der Waals surface area contributed by atoms with Gasteiger partial charge >= 0.3 is 5.97 Å². The Bertz CT molecular complexity index is 1060. The van der Waals surface area contributed by atoms with E-state index >= 15 is 0 Å². The van der Waals surface area contributed by atoms with Gasteiger partial charge in [0.15, 0.2) is 6.61 Å². The Balaban J connectivity index is 1.65. The number of carbonyl (C=O) groups excluding carboxylic acids is 2. The zero-order valence-corrected chi connectivity index (χ0v) is 18.5. The van der Waals surface area contributed by atoms with Gasteiger partial charge in [-0.3, -0.25) is 4.79 Å². The number of hydrogen-bond donors (Lipinski definition) is 1. The zero-order chi connectivity index (χ0) is 23.1. The number of carbonyl (C=O) groups is 2. The fourth-order valence-corrected chi connectivity index (χ4v) is 4.58. The van der Waals surface area contributed by atoms with Crippen LogP contribution in [0.1, 0.15) is 10.4 Å². The van der Waals surface area contributed by atoms with Crippen molar-refractivity contribution in [3.8, 4) is 11.5 Å². The lowest BCUT2D eigenvalue weighted by atomic mass is 10.2. The average Bonchev–Trinajstić information content (AvgIpc) is 2.82. The number of morpholine rings is 1. The van der Waals surface area contributed by atoms with Gasteiger partial charge in [-0.25, -0.2) is 13.2 Å². The number of nitrogens with one attached hydrogen (secondary N) is 1. The van der Waals surface area contributed by atoms with Crippen molar-refractivity contribution in [2.75, 3.05) is 52.4 Å². The van der Waals surface area contributed by atoms with Crippen LogP contribution in [0.2, 0.25) is 0 Å². The van der Waals surface area contributed by atoms with E-state index in [0.29, 0.717) is 13.2 Å². The molecule has 0 bridgehead atoms. The summed E-state index contributed by atoms with van der Waals surface area (Å²) in [4.78, 5) is 24.8. The monoisotopic (exact) mass is 464 g/mol. The highest BCUT2D eigenvalue weighted by atomic mass is 32.2. The number of esters is 1. The summed E-state index contributed by atoms with van der Waals surface area (Å²) in [6.07, 6.45) is 0. The van der Waals surface area contributed by atoms with Crippen molar-refractivity contribution in [3.63, 3.8) is 0 Å². The minimum absolute atomic E-state index is 0.0490. The SMILES string of the molecule is COc1cccc(OC)c1C(=O)OCC(=O)Nc1cccc(S(=O)(=O)N2CCOCC2)c1. The highest BCUT2D eigenvalue weighted by molar-refractivity contribution is 7.89. The first-order chi connectivity index (χ1) is 15.4. The van der Waals surface area contributed by atoms with E-state index in [1.165, 1.54) is 36.7 Å². The molecule has 2 aromatic carbocycles. The molecular formula is C21H24N2O8S. The summed E-state index contributed by atoms with van der Waals surface area (Å²) in [6.45, 7) is 0.610. The third kappa shape index (κ3) is 5.36. The molecule has 1 aliphatic heterocycles. The smallest absolute Gasteiger partial charge is 0.346 e. The molecule has 0 saturated carbocycles. The minimum Gasteiger partial charge on any atom is -0.496 e. The molecule has 0 aromatic heterocycles. The third-order valence-electron chi connectivity index (χ3n) is 4.69. The summed E-state index contributed by atoms with van der Waals surface area (Å²) >= 11 is 0. The third-order valence-corrected chi connectivity index (χ3v) is 6.59. The van der Waals surface area contributed by atoms with Gasteiger partial charge in [-0.1, -0.05) is 12.1 Å². The molecule has 0 aliphatic carbocycles. The van der Waals surface area contributed by atoms with Crippen LogP contribution in [0.15, 0.2) is 47.4 Å². The number of methoxy groups -OCH3 is 2. The van der Waals surface area contributed by atoms with E-state index in [0.717, 1.165) is 0 Å². The molecule has 3 rings (SSSR count). The van der Waals surface area contributed by atoms with Gasteiger partial charge in [-0.15, -0.1) is 0 Å². The maximum atomic E-state index is 12.8. The Labute approximate surface area is 186 Å². The molecule has 1 fully saturated rings. The van der Waals surface area contributed by atoms with Gasteiger partial charge in [0, 0.05) is 18.8 Å². The second-order valence-electron chi connectivity index (χ2n) is 6.71. The van der Waals surface area contributed by atoms with Crippen molar-refractivity contribution in [3.05, 3.63) is 48.0 Å². The predicted molar refractivity (Wildman–Crippen MR) is 114 cm³/mol. The molecule has 32 heavy (non-hydrogen) atoms. The summed E-state index contributed by atoms with van der Waals surface area (Å²) in [5.74, 6) is -0.933. The first kappa shape index (κ1) is 23.5. The summed E-state index contributed by atoms with van der Waals surface area (Å²) in [5, 5.41) is 2.54. The van der Waals surface area contributed by atoms with Crippen molar-refractivity contribution in [1.82, 2.24) is 4.31 Å². The Morgan fingerprint density at radius 1 is 1.03 bits per heavy atom. The average molecular weight is 464 g/mol. The molecule has 1 heterocycles. The van der Waals surface area contributed by atoms with Gasteiger partial charge in [0.05, 0.1) is 32.3 Å². The summed E-state index contributed by atoms with van der Waals surface area (Å²) in [7, 11) is -0.911. The van der Waals surface area contributed by atoms with Crippen LogP contribution < -0.4 is 14.8 Å². The van der Waals surface area contributed by atoms with Crippen LogP contribution in [0.25, 0.3) is 0 Å². The number of benzene rings is 2. The standard InChI is InChI=1S/C21H24N2O8S/c1-28-17-7-4-8-18(29-2)20(17)21(25)31-14-19(24)22-15-5-3-6-16(13-15)32(26,27)23-9-11-30-12-10-23/h3-8,13H,9-12,14H2,1-2H3,(H,22,24). The van der Waals surface area contributed by atoms with Crippen LogP contribution in [-0.4, -0.2) is 71.7 Å². The Morgan fingerprint density at radius 3 is 2.28 bits per heavy atom. The van der Waals surface area contributed by atoms with E-state index in [2.05, 4.69) is 5.32 Å². The molecule has 2 aromatic rings. The van der Waals surface area contributed by atoms with E-state index < -0.39 is 28.5 Å². The fraction of sp³-hybridized carbons (Fsp3) is 0.333. The van der Waals surface area contributed by atoms with Gasteiger partial charge in [-0.2, -0.15) is 4.31 Å². The molecule has 0 atom stereocenters. The van der Waals surface area contributed by atoms with Crippen LogP contribution in [0.4, 0.5) is 5.69 Å². The molecule has 11 heteroatoms. The summed E-state index contributed by atoms with van der Waals surface area (Å²) < 4.78 is 47.5. The normalized spacial score (nSPS) is 14.4. The van der Waals surface area contributed by atoms with Gasteiger partial charge in [0.25, 0.3) is 5.91 Å². The van der Waals surface area contributed by atoms with Crippen LogP contribution in [0.5, 0.6) is 11.5 Å². The highest BCUT2D eigenvalue weighted by Gasteiger charge is 2.26. The van der Waals surface area contributed by atoms with E-state index in [4.69, 9.17) is 18.9 Å². The lowest BCUT2D eigenvalue weighted by Crippen LogP contribution is -2.40. The van der Waals surface area contributed by atoms with E-state index in [1.54, 1.807) is 24.3 Å². The Hall–Kier alpha value is -3.15. The number of hydrogen-bond acceptors (Lipinski definition) is 8. The van der Waals surface area contributed by atoms with Gasteiger partial charge in [-0.05, 0) is 30.3 Å². The number of rotatable bonds is 8. The van der Waals surface area contributed by atoms with Crippen LogP contribution >= 0.6 is 0 Å². The first-order valence-electron chi connectivity index (χ1n) is 9.72. The molecule has 1 amide bonds. The van der Waals surface area contributed by atoms with Gasteiger partial charge < -0.3 is 24.3 Å². The van der Waals surface area contributed by atoms with Crippen molar-refractivity contribution in [2.24, 2.45) is 0 Å². The number of nitrogens with zero attached hydrogens (tertiary/aromatic N) is 1. The number of amides is 1. The molecule has 0 radical (unpaired) electrons. The van der Waals surface area contributed by atoms with E-state index in [9.17, 15) is 18.0 Å². The van der Waals surface area contributed by atoms with Crippen LogP contribution in [-0.2, 0) is 24.3 Å². The Kier molecular flexibility index (Phi) is 7.67. The lowest BCUT2D eigenvalue weighted by Gasteiger charge is -2.26. The maximum Gasteiger partial charge on any atom is 0.346 e. The molecule has 1 aliphatic rings. The highest BCUT2D eigenvalue weighted by Crippen LogP contribution is 2.29. The van der Waals surface area contributed by atoms with Gasteiger partial charge in [0.2, 0.25) is 10.0 Å². The molecule has 0 unspecified atom stereocenters. The minimum atomic E-state index is -3.71. The van der Waals surface area contributed by atoms with Crippen molar-refractivity contribution in [1.29, 1.82) is 0 Å². The number of sulfonamides is 1. The first-order valence-corrected chi connectivity index (χ1v) is 11.2. The van der Waals surface area contributed by atoms with E-state index in [-0.39, 0.29) is 40.7 Å². The zero-order valence-electron chi connectivity index (χ0n) is 17.7. The van der Waals surface area contributed by atoms with Crippen LogP contribution in [0, 0.1) is 0 Å². The second-order valence-corrected chi connectivity index (χ2v) is 8.64. The Morgan fingerprint density at radius 2 is 1.66 bits per heavy atom. The fourth-order valence-electron chi connectivity index (χ4n) is 3.12. The van der Waals surface area contributed by atoms with Crippen molar-refractivity contribution >= 4 is 27.6 Å². The topological polar surface area (TPSA) is 120 Å². The van der Waals surface area contributed by atoms with Gasteiger partial charge in [0.1, 0.15) is 17.1 Å².